The van der Waals surface area contributed by atoms with E-state index in [4.69, 9.17) is 39.5 Å². The van der Waals surface area contributed by atoms with Crippen molar-refractivity contribution in [2.75, 3.05) is 6.61 Å². The molecule has 0 aliphatic heterocycles. The number of halogens is 3. The summed E-state index contributed by atoms with van der Waals surface area (Å²) in [5.41, 5.74) is 1.13. The summed E-state index contributed by atoms with van der Waals surface area (Å²) in [5, 5.41) is 0. The van der Waals surface area contributed by atoms with Crippen molar-refractivity contribution in [3.05, 3.63) is 71.8 Å². The number of hydrogen-bond donors (Lipinski definition) is 0. The second-order valence-corrected chi connectivity index (χ2v) is 7.43. The van der Waals surface area contributed by atoms with Gasteiger partial charge in [0.25, 0.3) is 5.91 Å². The van der Waals surface area contributed by atoms with Gasteiger partial charge in [-0.05, 0) is 17.7 Å². The number of rotatable bonds is 4. The quantitative estimate of drug-likeness (QED) is 0.707. The number of carbonyl (C=O) groups excluding carboxylic acids is 2. The molecule has 0 aliphatic rings. The normalized spacial score (nSPS) is 11.0. The first kappa shape index (κ1) is 18.6. The van der Waals surface area contributed by atoms with Crippen LogP contribution >= 0.6 is 34.8 Å². The molecule has 2 rings (SSSR count). The molecule has 0 unspecified atom stereocenters. The molecule has 4 nitrogen and oxygen atoms in total. The fraction of sp³-hybridized carbons (Fsp3) is 0.176. The lowest BCUT2D eigenvalue weighted by Crippen LogP contribution is -2.38. The van der Waals surface area contributed by atoms with Crippen molar-refractivity contribution in [1.82, 2.24) is 4.90 Å². The first-order valence-electron chi connectivity index (χ1n) is 7.01. The number of hydrogen-bond acceptors (Lipinski definition) is 3. The zero-order chi connectivity index (χ0) is 17.6. The van der Waals surface area contributed by atoms with Gasteiger partial charge in [0.1, 0.15) is 6.61 Å². The molecule has 2 aromatic rings. The number of ether oxygens (including phenoxy) is 1. The first-order valence-corrected chi connectivity index (χ1v) is 8.14. The van der Waals surface area contributed by atoms with Crippen LogP contribution < -0.4 is 0 Å². The Hall–Kier alpha value is -1.75. The smallest absolute Gasteiger partial charge is 0.417 e. The Labute approximate surface area is 154 Å². The van der Waals surface area contributed by atoms with Crippen LogP contribution in [0.3, 0.4) is 0 Å². The van der Waals surface area contributed by atoms with Crippen molar-refractivity contribution in [3.63, 3.8) is 0 Å². The fourth-order valence-electron chi connectivity index (χ4n) is 1.94. The average molecular weight is 387 g/mol. The zero-order valence-corrected chi connectivity index (χ0v) is 14.8. The van der Waals surface area contributed by atoms with E-state index in [1.165, 1.54) is 0 Å². The van der Waals surface area contributed by atoms with Crippen molar-refractivity contribution in [2.24, 2.45) is 0 Å². The average Bonchev–Trinajstić information content (AvgIpc) is 2.58. The zero-order valence-electron chi connectivity index (χ0n) is 12.5. The van der Waals surface area contributed by atoms with Gasteiger partial charge in [-0.25, -0.2) is 9.69 Å². The maximum Gasteiger partial charge on any atom is 0.417 e. The monoisotopic (exact) mass is 385 g/mol. The molecule has 126 valence electrons. The third-order valence-electron chi connectivity index (χ3n) is 3.03. The topological polar surface area (TPSA) is 46.6 Å². The van der Waals surface area contributed by atoms with Crippen LogP contribution in [-0.2, 0) is 11.3 Å². The van der Waals surface area contributed by atoms with Crippen molar-refractivity contribution in [3.8, 4) is 0 Å². The summed E-state index contributed by atoms with van der Waals surface area (Å²) in [4.78, 5) is 25.9. The lowest BCUT2D eigenvalue weighted by Gasteiger charge is -2.22. The van der Waals surface area contributed by atoms with E-state index in [9.17, 15) is 9.59 Å². The molecule has 0 aromatic heterocycles. The first-order chi connectivity index (χ1) is 11.4. The van der Waals surface area contributed by atoms with E-state index in [1.54, 1.807) is 42.5 Å². The van der Waals surface area contributed by atoms with Crippen LogP contribution in [0.25, 0.3) is 0 Å². The van der Waals surface area contributed by atoms with E-state index in [-0.39, 0.29) is 6.54 Å². The van der Waals surface area contributed by atoms with Gasteiger partial charge in [0.2, 0.25) is 3.79 Å². The van der Waals surface area contributed by atoms with Gasteiger partial charge < -0.3 is 4.74 Å². The summed E-state index contributed by atoms with van der Waals surface area (Å²) in [7, 11) is 0. The predicted octanol–water partition coefficient (Wildman–Crippen LogP) is 4.84. The molecule has 0 radical (unpaired) electrons. The molecule has 24 heavy (non-hydrogen) atoms. The van der Waals surface area contributed by atoms with Gasteiger partial charge in [-0.2, -0.15) is 0 Å². The highest BCUT2D eigenvalue weighted by molar-refractivity contribution is 6.67. The van der Waals surface area contributed by atoms with Crippen LogP contribution in [0.1, 0.15) is 15.9 Å². The number of amides is 2. The molecule has 0 saturated heterocycles. The van der Waals surface area contributed by atoms with Gasteiger partial charge >= 0.3 is 6.09 Å². The third kappa shape index (κ3) is 5.71. The van der Waals surface area contributed by atoms with E-state index in [0.717, 1.165) is 10.5 Å². The third-order valence-corrected chi connectivity index (χ3v) is 3.36. The van der Waals surface area contributed by atoms with Crippen LogP contribution in [0.5, 0.6) is 0 Å². The summed E-state index contributed by atoms with van der Waals surface area (Å²) < 4.78 is 3.21. The number of carbonyl (C=O) groups is 2. The standard InChI is InChI=1S/C17H14Cl3NO3/c18-17(19,20)12-24-16(23)21(11-13-7-3-1-4-8-13)15(22)14-9-5-2-6-10-14/h1-10H,11-12H2. The molecule has 2 aromatic carbocycles. The predicted molar refractivity (Wildman–Crippen MR) is 94.4 cm³/mol. The number of alkyl halides is 3. The summed E-state index contributed by atoms with van der Waals surface area (Å²) in [6.45, 7) is -0.406. The molecule has 0 heterocycles. The molecule has 0 fully saturated rings. The van der Waals surface area contributed by atoms with E-state index in [1.807, 2.05) is 18.2 Å². The van der Waals surface area contributed by atoms with Crippen LogP contribution in [-0.4, -0.2) is 27.3 Å². The molecule has 0 spiro atoms. The molecule has 0 saturated carbocycles. The fourth-order valence-corrected chi connectivity index (χ4v) is 2.11. The minimum absolute atomic E-state index is 0.0489. The maximum absolute atomic E-state index is 12.6. The van der Waals surface area contributed by atoms with Gasteiger partial charge in [0, 0.05) is 5.56 Å². The van der Waals surface area contributed by atoms with Gasteiger partial charge in [-0.3, -0.25) is 4.79 Å². The van der Waals surface area contributed by atoms with Crippen molar-refractivity contribution < 1.29 is 14.3 Å². The second kappa shape index (κ2) is 8.38. The molecular weight excluding hydrogens is 373 g/mol. The Morgan fingerprint density at radius 3 is 2.00 bits per heavy atom. The molecule has 2 amide bonds. The summed E-state index contributed by atoms with van der Waals surface area (Å²) >= 11 is 16.8. The molecule has 7 heteroatoms. The van der Waals surface area contributed by atoms with E-state index < -0.39 is 22.4 Å². The summed E-state index contributed by atoms with van der Waals surface area (Å²) in [6, 6.07) is 17.5. The Balaban J connectivity index is 2.20. The van der Waals surface area contributed by atoms with Gasteiger partial charge in [-0.1, -0.05) is 83.3 Å². The van der Waals surface area contributed by atoms with Crippen LogP contribution in [0, 0.1) is 0 Å². The minimum Gasteiger partial charge on any atom is -0.445 e. The van der Waals surface area contributed by atoms with E-state index in [2.05, 4.69) is 0 Å². The molecule has 0 bridgehead atoms. The van der Waals surface area contributed by atoms with Gasteiger partial charge in [-0.15, -0.1) is 0 Å². The SMILES string of the molecule is O=C(OCC(Cl)(Cl)Cl)N(Cc1ccccc1)C(=O)c1ccccc1. The van der Waals surface area contributed by atoms with Crippen LogP contribution in [0.4, 0.5) is 4.79 Å². The Bertz CT molecular complexity index is 687. The van der Waals surface area contributed by atoms with Crippen molar-refractivity contribution in [2.45, 2.75) is 10.3 Å². The molecular formula is C17H14Cl3NO3. The maximum atomic E-state index is 12.6. The van der Waals surface area contributed by atoms with E-state index >= 15 is 0 Å². The second-order valence-electron chi connectivity index (χ2n) is 4.91. The van der Waals surface area contributed by atoms with Crippen LogP contribution in [0.2, 0.25) is 0 Å². The summed E-state index contributed by atoms with van der Waals surface area (Å²) in [6.07, 6.45) is -0.876. The lowest BCUT2D eigenvalue weighted by atomic mass is 10.1. The highest BCUT2D eigenvalue weighted by atomic mass is 35.6. The van der Waals surface area contributed by atoms with Crippen molar-refractivity contribution in [1.29, 1.82) is 0 Å². The minimum atomic E-state index is -1.75. The van der Waals surface area contributed by atoms with Crippen LogP contribution in [0.15, 0.2) is 60.7 Å². The van der Waals surface area contributed by atoms with E-state index in [0.29, 0.717) is 5.56 Å². The van der Waals surface area contributed by atoms with Gasteiger partial charge in [0.15, 0.2) is 0 Å². The molecule has 0 aliphatic carbocycles. The lowest BCUT2D eigenvalue weighted by molar-refractivity contribution is 0.0649. The Kier molecular flexibility index (Phi) is 6.49. The number of imide groups is 1. The highest BCUT2D eigenvalue weighted by Gasteiger charge is 2.28. The number of benzene rings is 2. The number of nitrogens with zero attached hydrogens (tertiary/aromatic N) is 1. The summed E-state index contributed by atoms with van der Waals surface area (Å²) in [5.74, 6) is -0.492. The Morgan fingerprint density at radius 2 is 1.46 bits per heavy atom. The molecule has 0 N–H and O–H groups in total. The highest BCUT2D eigenvalue weighted by Crippen LogP contribution is 2.26. The van der Waals surface area contributed by atoms with Gasteiger partial charge in [0.05, 0.1) is 6.54 Å². The molecule has 0 atom stereocenters. The Morgan fingerprint density at radius 1 is 0.917 bits per heavy atom. The van der Waals surface area contributed by atoms with Crippen molar-refractivity contribution >= 4 is 46.8 Å². The largest absolute Gasteiger partial charge is 0.445 e.